The number of hydrogen-bond donors (Lipinski definition) is 0. The summed E-state index contributed by atoms with van der Waals surface area (Å²) in [6.45, 7) is 0. The first kappa shape index (κ1) is 38.7. The second-order valence-electron chi connectivity index (χ2n) is 16.4. The van der Waals surface area contributed by atoms with E-state index >= 15 is 0 Å². The Morgan fingerprint density at radius 1 is 0.231 bits per heavy atom. The Balaban J connectivity index is 0.00000444. The van der Waals surface area contributed by atoms with E-state index in [1.165, 1.54) is 0 Å². The summed E-state index contributed by atoms with van der Waals surface area (Å²) in [7, 11) is 0. The molecule has 0 N–H and O–H groups in total. The van der Waals surface area contributed by atoms with Gasteiger partial charge in [0.15, 0.2) is 0 Å². The summed E-state index contributed by atoms with van der Waals surface area (Å²) in [4.78, 5) is 23.4. The molecule has 0 spiro atoms. The smallest absolute Gasteiger partial charge is 0.656 e. The summed E-state index contributed by atoms with van der Waals surface area (Å²) in [5.41, 5.74) is 19.2. The predicted octanol–water partition coefficient (Wildman–Crippen LogP) is 15.2. The van der Waals surface area contributed by atoms with E-state index in [4.69, 9.17) is 19.9 Å². The minimum atomic E-state index is 0. The Labute approximate surface area is 388 Å². The fraction of sp³-hybridized carbons (Fsp3) is 0. The largest absolute Gasteiger partial charge is 2.00 e. The Morgan fingerprint density at radius 3 is 0.662 bits per heavy atom. The quantitative estimate of drug-likeness (QED) is 0.165. The van der Waals surface area contributed by atoms with Crippen molar-refractivity contribution in [2.45, 2.75) is 0 Å². The van der Waals surface area contributed by atoms with Gasteiger partial charge >= 0.3 is 19.5 Å². The molecule has 0 radical (unpaired) electrons. The molecular weight excluding hydrogens is 842 g/mol. The maximum Gasteiger partial charge on any atom is 2.00 e. The average Bonchev–Trinajstić information content (AvgIpc) is 4.14. The first-order valence-corrected chi connectivity index (χ1v) is 21.7. The first-order valence-electron chi connectivity index (χ1n) is 21.7. The fourth-order valence-electron chi connectivity index (χ4n) is 10.00. The Morgan fingerprint density at radius 2 is 0.431 bits per heavy atom. The van der Waals surface area contributed by atoms with Crippen molar-refractivity contribution in [1.29, 1.82) is 0 Å². The molecule has 0 saturated heterocycles. The first-order chi connectivity index (χ1) is 31.8. The topological polar surface area (TPSA) is 54.0 Å². The molecule has 0 amide bonds. The van der Waals surface area contributed by atoms with Crippen molar-refractivity contribution in [3.05, 3.63) is 218 Å². The van der Waals surface area contributed by atoms with E-state index in [2.05, 4.69) is 218 Å². The third-order valence-electron chi connectivity index (χ3n) is 12.8. The van der Waals surface area contributed by atoms with Crippen LogP contribution in [0.3, 0.4) is 0 Å². The summed E-state index contributed by atoms with van der Waals surface area (Å²) in [6, 6.07) is 77.2. The van der Waals surface area contributed by atoms with Gasteiger partial charge in [-0.05, 0) is 66.1 Å². The molecule has 13 rings (SSSR count). The Kier molecular flexibility index (Phi) is 9.33. The number of nitrogens with zero attached hydrogens (tertiary/aromatic N) is 4. The molecule has 2 aromatic heterocycles. The molecule has 0 saturated carbocycles. The summed E-state index contributed by atoms with van der Waals surface area (Å²) in [5.74, 6) is 0. The molecular formula is C60H36N4Zn. The third kappa shape index (κ3) is 6.08. The molecule has 8 aromatic carbocycles. The van der Waals surface area contributed by atoms with Gasteiger partial charge in [0.25, 0.3) is 0 Å². The molecule has 65 heavy (non-hydrogen) atoms. The van der Waals surface area contributed by atoms with Gasteiger partial charge in [0, 0.05) is 22.3 Å². The Hall–Kier alpha value is -7.98. The van der Waals surface area contributed by atoms with E-state index in [1.807, 2.05) is 0 Å². The van der Waals surface area contributed by atoms with Gasteiger partial charge in [-0.25, -0.2) is 9.97 Å². The molecule has 1 aliphatic carbocycles. The molecule has 5 heteroatoms. The normalized spacial score (nSPS) is 11.6. The van der Waals surface area contributed by atoms with Crippen molar-refractivity contribution < 1.29 is 19.5 Å². The van der Waals surface area contributed by atoms with Crippen molar-refractivity contribution in [2.24, 2.45) is 0 Å². The molecule has 0 fully saturated rings. The molecule has 298 valence electrons. The standard InChI is InChI=1S/C60H36N4.Zn/c1-5-21-37(22-6-1)49-53-41-29-13-15-31-43(41)55(61-53)50(38-23-7-2-8-24-38)57-45-33-17-19-35-47(45)59(63-57)52(40-27-11-4-12-28-40)60-48-36-20-18-34-46(48)58(64-60)51(39-25-9-3-10-26-39)56-44-32-16-14-30-42(44)54(49)62-56;/h1-36H;/q-2;+2. The molecule has 0 atom stereocenters. The molecule has 0 unspecified atom stereocenters. The monoisotopic (exact) mass is 876 g/mol. The zero-order valence-corrected chi connectivity index (χ0v) is 38.2. The van der Waals surface area contributed by atoms with Gasteiger partial charge < -0.3 is 9.97 Å². The van der Waals surface area contributed by atoms with E-state index < -0.39 is 0 Å². The van der Waals surface area contributed by atoms with Crippen LogP contribution in [0.2, 0.25) is 0 Å². The Bertz CT molecular complexity index is 3320. The van der Waals surface area contributed by atoms with E-state index in [0.29, 0.717) is 0 Å². The number of benzene rings is 8. The van der Waals surface area contributed by atoms with E-state index in [-0.39, 0.29) is 19.5 Å². The SMILES string of the molecule is [Zn+2].c1ccc(-c2c3nc(c(-c4ccccc4)c4[n-]c(c(-c5ccccc5)c5nc(c(-c6ccccc6)c6[n-]c2c2ccccc62)-c2ccccc2-5)c2ccccc42)-c2ccccc2-3)cc1. The molecule has 8 bridgehead atoms. The van der Waals surface area contributed by atoms with Gasteiger partial charge in [0.05, 0.1) is 22.8 Å². The van der Waals surface area contributed by atoms with Crippen LogP contribution in [0.1, 0.15) is 0 Å². The minimum Gasteiger partial charge on any atom is -0.656 e. The van der Waals surface area contributed by atoms with E-state index in [9.17, 15) is 0 Å². The van der Waals surface area contributed by atoms with Crippen LogP contribution >= 0.6 is 0 Å². The fourth-order valence-corrected chi connectivity index (χ4v) is 10.00. The van der Waals surface area contributed by atoms with Gasteiger partial charge in [-0.2, -0.15) is 0 Å². The maximum atomic E-state index is 5.85. The second-order valence-corrected chi connectivity index (χ2v) is 16.4. The van der Waals surface area contributed by atoms with Crippen LogP contribution in [-0.2, 0) is 19.5 Å². The van der Waals surface area contributed by atoms with Crippen molar-refractivity contribution in [3.63, 3.8) is 0 Å². The van der Waals surface area contributed by atoms with Crippen molar-refractivity contribution in [1.82, 2.24) is 19.9 Å². The number of rotatable bonds is 4. The van der Waals surface area contributed by atoms with Crippen LogP contribution in [0.5, 0.6) is 0 Å². The van der Waals surface area contributed by atoms with E-state index in [0.717, 1.165) is 133 Å². The van der Waals surface area contributed by atoms with Crippen LogP contribution in [-0.4, -0.2) is 9.97 Å². The van der Waals surface area contributed by atoms with Gasteiger partial charge in [-0.15, -0.1) is 22.1 Å². The van der Waals surface area contributed by atoms with Crippen molar-refractivity contribution in [2.75, 3.05) is 0 Å². The molecule has 4 heterocycles. The summed E-state index contributed by atoms with van der Waals surface area (Å²) in [6.07, 6.45) is 0. The van der Waals surface area contributed by atoms with Gasteiger partial charge in [0.2, 0.25) is 0 Å². The van der Waals surface area contributed by atoms with Crippen LogP contribution in [0.25, 0.3) is 133 Å². The molecule has 2 aliphatic heterocycles. The van der Waals surface area contributed by atoms with Crippen LogP contribution in [0.4, 0.5) is 0 Å². The average molecular weight is 878 g/mol. The summed E-state index contributed by atoms with van der Waals surface area (Å²) >= 11 is 0. The predicted molar refractivity (Wildman–Crippen MR) is 265 cm³/mol. The summed E-state index contributed by atoms with van der Waals surface area (Å²) < 4.78 is 0. The molecule has 10 aromatic rings. The minimum absolute atomic E-state index is 0. The van der Waals surface area contributed by atoms with Gasteiger partial charge in [-0.1, -0.05) is 218 Å². The molecule has 3 aliphatic rings. The van der Waals surface area contributed by atoms with Gasteiger partial charge in [-0.3, -0.25) is 0 Å². The molecule has 4 nitrogen and oxygen atoms in total. The van der Waals surface area contributed by atoms with Crippen LogP contribution in [0.15, 0.2) is 218 Å². The third-order valence-corrected chi connectivity index (χ3v) is 12.8. The van der Waals surface area contributed by atoms with Gasteiger partial charge in [0.1, 0.15) is 0 Å². The maximum absolute atomic E-state index is 5.85. The number of aromatic nitrogens is 4. The summed E-state index contributed by atoms with van der Waals surface area (Å²) in [5, 5.41) is 4.21. The van der Waals surface area contributed by atoms with Crippen molar-refractivity contribution in [3.8, 4) is 89.5 Å². The zero-order chi connectivity index (χ0) is 42.1. The van der Waals surface area contributed by atoms with Crippen molar-refractivity contribution >= 4 is 43.6 Å². The number of hydrogen-bond acceptors (Lipinski definition) is 2. The zero-order valence-electron chi connectivity index (χ0n) is 35.3. The van der Waals surface area contributed by atoms with Crippen LogP contribution < -0.4 is 9.97 Å². The second kappa shape index (κ2) is 15.7. The van der Waals surface area contributed by atoms with E-state index in [1.54, 1.807) is 0 Å². The van der Waals surface area contributed by atoms with Crippen LogP contribution in [0, 0.1) is 0 Å².